The van der Waals surface area contributed by atoms with Crippen molar-refractivity contribution >= 4 is 29.2 Å². The van der Waals surface area contributed by atoms with Crippen LogP contribution in [-0.2, 0) is 4.79 Å². The Morgan fingerprint density at radius 3 is 2.62 bits per heavy atom. The molecule has 2 aromatic rings. The SMILES string of the molecule is C=CC(=O)N1CCN2C(=O)c3c(N4C5CCCC4CC5)nc(-c4c(O)cccc4F)c(Cl)c3OC[C@H]2C1. The first-order valence-corrected chi connectivity index (χ1v) is 13.1. The van der Waals surface area contributed by atoms with Crippen LogP contribution in [0.25, 0.3) is 11.3 Å². The van der Waals surface area contributed by atoms with Gasteiger partial charge in [-0.15, -0.1) is 0 Å². The fourth-order valence-corrected chi connectivity index (χ4v) is 6.62. The van der Waals surface area contributed by atoms with Crippen LogP contribution in [0.3, 0.4) is 0 Å². The number of pyridine rings is 1. The number of carbonyl (C=O) groups is 2. The van der Waals surface area contributed by atoms with Crippen molar-refractivity contribution in [1.29, 1.82) is 0 Å². The highest BCUT2D eigenvalue weighted by Crippen LogP contribution is 2.49. The van der Waals surface area contributed by atoms with Crippen LogP contribution in [0.4, 0.5) is 10.2 Å². The summed E-state index contributed by atoms with van der Waals surface area (Å²) in [5, 5.41) is 10.5. The van der Waals surface area contributed by atoms with E-state index in [1.54, 1.807) is 9.80 Å². The summed E-state index contributed by atoms with van der Waals surface area (Å²) in [5.74, 6) is -0.844. The van der Waals surface area contributed by atoms with Crippen LogP contribution in [0.15, 0.2) is 30.9 Å². The lowest BCUT2D eigenvalue weighted by Gasteiger charge is -2.40. The van der Waals surface area contributed by atoms with Crippen LogP contribution < -0.4 is 9.64 Å². The third-order valence-corrected chi connectivity index (χ3v) is 8.46. The first-order chi connectivity index (χ1) is 17.9. The van der Waals surface area contributed by atoms with Crippen LogP contribution in [0, 0.1) is 5.82 Å². The molecule has 3 atom stereocenters. The first kappa shape index (κ1) is 24.0. The van der Waals surface area contributed by atoms with E-state index >= 15 is 4.39 Å². The Kier molecular flexibility index (Phi) is 5.98. The summed E-state index contributed by atoms with van der Waals surface area (Å²) < 4.78 is 21.2. The fourth-order valence-electron chi connectivity index (χ4n) is 6.34. The molecule has 4 aliphatic heterocycles. The molecule has 3 saturated heterocycles. The number of hydrogen-bond donors (Lipinski definition) is 1. The molecule has 1 N–H and O–H groups in total. The molecule has 2 unspecified atom stereocenters. The molecular weight excluding hydrogens is 499 g/mol. The number of rotatable bonds is 3. The number of carbonyl (C=O) groups excluding carboxylic acids is 2. The van der Waals surface area contributed by atoms with Gasteiger partial charge in [-0.05, 0) is 50.3 Å². The molecule has 194 valence electrons. The van der Waals surface area contributed by atoms with Gasteiger partial charge in [-0.25, -0.2) is 9.37 Å². The van der Waals surface area contributed by atoms with Gasteiger partial charge in [-0.1, -0.05) is 24.2 Å². The molecule has 2 amide bonds. The standard InChI is InChI=1S/C27H28ClFN4O4/c1-2-20(35)31-11-12-32-17(13-31)14-37-25-22(27(32)36)26(33-15-5-3-6-16(33)10-9-15)30-24(23(25)28)21-18(29)7-4-8-19(21)34/h2,4,7-8,15-17,34H,1,3,5-6,9-14H2/t15?,16?,17-/m1/s1. The zero-order chi connectivity index (χ0) is 25.8. The van der Waals surface area contributed by atoms with Crippen molar-refractivity contribution in [2.24, 2.45) is 0 Å². The Hall–Kier alpha value is -3.33. The summed E-state index contributed by atoms with van der Waals surface area (Å²) in [4.78, 5) is 36.8. The summed E-state index contributed by atoms with van der Waals surface area (Å²) in [7, 11) is 0. The van der Waals surface area contributed by atoms with Crippen molar-refractivity contribution in [3.8, 4) is 22.8 Å². The van der Waals surface area contributed by atoms with Crippen LogP contribution in [0.1, 0.15) is 42.5 Å². The number of anilines is 1. The highest BCUT2D eigenvalue weighted by atomic mass is 35.5. The zero-order valence-electron chi connectivity index (χ0n) is 20.3. The predicted molar refractivity (Wildman–Crippen MR) is 137 cm³/mol. The van der Waals surface area contributed by atoms with E-state index in [0.717, 1.165) is 32.1 Å². The summed E-state index contributed by atoms with van der Waals surface area (Å²) >= 11 is 6.81. The summed E-state index contributed by atoms with van der Waals surface area (Å²) in [5.41, 5.74) is 0.197. The maximum Gasteiger partial charge on any atom is 0.261 e. The molecule has 10 heteroatoms. The monoisotopic (exact) mass is 526 g/mol. The topological polar surface area (TPSA) is 86.2 Å². The lowest BCUT2D eigenvalue weighted by Crippen LogP contribution is -2.57. The van der Waals surface area contributed by atoms with Crippen molar-refractivity contribution in [1.82, 2.24) is 14.8 Å². The predicted octanol–water partition coefficient (Wildman–Crippen LogP) is 4.00. The van der Waals surface area contributed by atoms with Gasteiger partial charge in [-0.2, -0.15) is 0 Å². The Labute approximate surface area is 219 Å². The number of amides is 2. The molecule has 0 radical (unpaired) electrons. The van der Waals surface area contributed by atoms with Crippen LogP contribution in [0.2, 0.25) is 5.02 Å². The number of aromatic nitrogens is 1. The van der Waals surface area contributed by atoms with E-state index in [-0.39, 0.29) is 69.9 Å². The van der Waals surface area contributed by atoms with E-state index in [0.29, 0.717) is 25.5 Å². The highest BCUT2D eigenvalue weighted by molar-refractivity contribution is 6.35. The fraction of sp³-hybridized carbons (Fsp3) is 0.444. The molecule has 0 saturated carbocycles. The maximum atomic E-state index is 15.0. The third kappa shape index (κ3) is 3.82. The normalized spacial score (nSPS) is 24.8. The number of phenolic OH excluding ortho intramolecular Hbond substituents is 1. The second kappa shape index (κ2) is 9.20. The highest BCUT2D eigenvalue weighted by Gasteiger charge is 2.45. The third-order valence-electron chi connectivity index (χ3n) is 8.11. The van der Waals surface area contributed by atoms with Crippen molar-refractivity contribution in [3.05, 3.63) is 47.3 Å². The number of piperidine rings is 1. The van der Waals surface area contributed by atoms with E-state index in [4.69, 9.17) is 21.3 Å². The van der Waals surface area contributed by atoms with Crippen molar-refractivity contribution in [2.45, 2.75) is 50.2 Å². The van der Waals surface area contributed by atoms with E-state index in [9.17, 15) is 14.7 Å². The number of piperazine rings is 1. The van der Waals surface area contributed by atoms with E-state index in [2.05, 4.69) is 11.5 Å². The average molecular weight is 527 g/mol. The van der Waals surface area contributed by atoms with Crippen LogP contribution in [-0.4, -0.2) is 76.1 Å². The molecule has 2 bridgehead atoms. The first-order valence-electron chi connectivity index (χ1n) is 12.7. The van der Waals surface area contributed by atoms with Gasteiger partial charge in [0.1, 0.15) is 40.3 Å². The minimum Gasteiger partial charge on any atom is -0.507 e. The minimum atomic E-state index is -0.669. The maximum absolute atomic E-state index is 15.0. The molecule has 6 rings (SSSR count). The molecule has 5 heterocycles. The quantitative estimate of drug-likeness (QED) is 0.608. The summed E-state index contributed by atoms with van der Waals surface area (Å²) in [6.45, 7) is 4.71. The second-order valence-corrected chi connectivity index (χ2v) is 10.5. The van der Waals surface area contributed by atoms with Gasteiger partial charge in [-0.3, -0.25) is 9.59 Å². The summed E-state index contributed by atoms with van der Waals surface area (Å²) in [6.07, 6.45) is 6.32. The Morgan fingerprint density at radius 2 is 1.92 bits per heavy atom. The lowest BCUT2D eigenvalue weighted by molar-refractivity contribution is -0.128. The van der Waals surface area contributed by atoms with Crippen molar-refractivity contribution in [3.63, 3.8) is 0 Å². The molecule has 4 aliphatic rings. The molecule has 0 spiro atoms. The molecule has 3 fully saturated rings. The molecule has 37 heavy (non-hydrogen) atoms. The largest absolute Gasteiger partial charge is 0.507 e. The molecule has 1 aromatic carbocycles. The van der Waals surface area contributed by atoms with Crippen LogP contribution >= 0.6 is 11.6 Å². The average Bonchev–Trinajstić information content (AvgIpc) is 3.05. The number of benzene rings is 1. The second-order valence-electron chi connectivity index (χ2n) is 10.1. The van der Waals surface area contributed by atoms with Crippen molar-refractivity contribution in [2.75, 3.05) is 31.1 Å². The van der Waals surface area contributed by atoms with Gasteiger partial charge in [0, 0.05) is 31.7 Å². The van der Waals surface area contributed by atoms with E-state index < -0.39 is 5.82 Å². The minimum absolute atomic E-state index is 0.0178. The van der Waals surface area contributed by atoms with Gasteiger partial charge in [0.2, 0.25) is 5.91 Å². The van der Waals surface area contributed by atoms with Gasteiger partial charge < -0.3 is 24.5 Å². The van der Waals surface area contributed by atoms with E-state index in [1.165, 1.54) is 24.3 Å². The van der Waals surface area contributed by atoms with Gasteiger partial charge >= 0.3 is 0 Å². The Bertz CT molecular complexity index is 1270. The zero-order valence-corrected chi connectivity index (χ0v) is 21.1. The number of phenols is 1. The smallest absolute Gasteiger partial charge is 0.261 e. The number of nitrogens with zero attached hydrogens (tertiary/aromatic N) is 4. The Balaban J connectivity index is 1.52. The Morgan fingerprint density at radius 1 is 1.16 bits per heavy atom. The van der Waals surface area contributed by atoms with E-state index in [1.807, 2.05) is 0 Å². The number of fused-ring (bicyclic) bond motifs is 4. The number of halogens is 2. The summed E-state index contributed by atoms with van der Waals surface area (Å²) in [6, 6.07) is 4.07. The molecule has 8 nitrogen and oxygen atoms in total. The van der Waals surface area contributed by atoms with Gasteiger partial charge in [0.15, 0.2) is 5.75 Å². The molecular formula is C27H28ClFN4O4. The van der Waals surface area contributed by atoms with Crippen LogP contribution in [0.5, 0.6) is 11.5 Å². The number of hydrogen-bond acceptors (Lipinski definition) is 6. The van der Waals surface area contributed by atoms with Crippen molar-refractivity contribution < 1.29 is 23.8 Å². The number of ether oxygens (including phenoxy) is 1. The number of aromatic hydroxyl groups is 1. The molecule has 0 aliphatic carbocycles. The lowest BCUT2D eigenvalue weighted by atomic mass is 10.00. The van der Waals surface area contributed by atoms with Gasteiger partial charge in [0.05, 0.1) is 11.6 Å². The molecule has 1 aromatic heterocycles. The van der Waals surface area contributed by atoms with Gasteiger partial charge in [0.25, 0.3) is 5.91 Å².